The van der Waals surface area contributed by atoms with Crippen molar-refractivity contribution in [2.24, 2.45) is 23.5 Å². The maximum atomic E-state index is 13.2. The lowest BCUT2D eigenvalue weighted by molar-refractivity contribution is -0.122. The van der Waals surface area contributed by atoms with E-state index in [1.54, 1.807) is 0 Å². The normalized spacial score (nSPS) is 29.9. The highest BCUT2D eigenvalue weighted by Gasteiger charge is 2.40. The fourth-order valence-corrected chi connectivity index (χ4v) is 5.84. The van der Waals surface area contributed by atoms with Crippen molar-refractivity contribution in [3.8, 4) is 0 Å². The highest BCUT2D eigenvalue weighted by atomic mass is 16.2. The third kappa shape index (κ3) is 4.35. The first-order chi connectivity index (χ1) is 14.0. The zero-order valence-corrected chi connectivity index (χ0v) is 17.6. The van der Waals surface area contributed by atoms with Gasteiger partial charge in [0.2, 0.25) is 5.91 Å². The second kappa shape index (κ2) is 8.86. The van der Waals surface area contributed by atoms with Crippen LogP contribution in [0.5, 0.6) is 0 Å². The molecule has 5 nitrogen and oxygen atoms in total. The Kier molecular flexibility index (Phi) is 6.23. The fraction of sp³-hybridized carbons (Fsp3) is 0.667. The highest BCUT2D eigenvalue weighted by molar-refractivity contribution is 6.04. The Morgan fingerprint density at radius 2 is 1.62 bits per heavy atom. The number of rotatable bonds is 4. The van der Waals surface area contributed by atoms with Gasteiger partial charge in [0.1, 0.15) is 0 Å². The van der Waals surface area contributed by atoms with Crippen LogP contribution >= 0.6 is 0 Å². The van der Waals surface area contributed by atoms with Crippen molar-refractivity contribution in [2.75, 3.05) is 12.4 Å². The van der Waals surface area contributed by atoms with Crippen molar-refractivity contribution in [1.29, 1.82) is 0 Å². The van der Waals surface area contributed by atoms with E-state index in [9.17, 15) is 9.59 Å². The Morgan fingerprint density at radius 1 is 0.966 bits per heavy atom. The number of carbonyl (C=O) groups excluding carboxylic acids is 2. The molecule has 2 bridgehead atoms. The van der Waals surface area contributed by atoms with Crippen LogP contribution in [0.25, 0.3) is 0 Å². The van der Waals surface area contributed by atoms with Gasteiger partial charge in [-0.1, -0.05) is 37.8 Å². The van der Waals surface area contributed by atoms with E-state index in [-0.39, 0.29) is 23.8 Å². The monoisotopic (exact) mass is 397 g/mol. The number of para-hydroxylation sites is 1. The fourth-order valence-electron chi connectivity index (χ4n) is 5.84. The van der Waals surface area contributed by atoms with Crippen LogP contribution in [0.4, 0.5) is 5.69 Å². The number of anilines is 1. The molecule has 0 heterocycles. The van der Waals surface area contributed by atoms with Crippen LogP contribution in [-0.2, 0) is 4.79 Å². The van der Waals surface area contributed by atoms with Crippen molar-refractivity contribution in [3.05, 3.63) is 29.8 Å². The Hall–Kier alpha value is -1.88. The van der Waals surface area contributed by atoms with Gasteiger partial charge in [-0.15, -0.1) is 0 Å². The van der Waals surface area contributed by atoms with Crippen LogP contribution < -0.4 is 11.1 Å². The molecule has 4 rings (SSSR count). The number of hydrogen-bond donors (Lipinski definition) is 2. The number of nitrogens with zero attached hydrogens (tertiary/aromatic N) is 1. The summed E-state index contributed by atoms with van der Waals surface area (Å²) in [6, 6.07) is 8.02. The van der Waals surface area contributed by atoms with Crippen LogP contribution in [0, 0.1) is 17.8 Å². The van der Waals surface area contributed by atoms with Crippen LogP contribution in [0.3, 0.4) is 0 Å². The minimum Gasteiger partial charge on any atom is -0.339 e. The molecule has 2 atom stereocenters. The van der Waals surface area contributed by atoms with Crippen molar-refractivity contribution >= 4 is 17.5 Å². The molecule has 0 saturated heterocycles. The summed E-state index contributed by atoms with van der Waals surface area (Å²) in [6.45, 7) is 0. The molecule has 3 saturated carbocycles. The lowest BCUT2D eigenvalue weighted by Gasteiger charge is -2.43. The maximum Gasteiger partial charge on any atom is 0.255 e. The lowest BCUT2D eigenvalue weighted by Crippen LogP contribution is -2.48. The standard InChI is InChI=1S/C24H35N3O2/c1-27(19-10-3-2-4-11-19)24(29)20-12-5-6-13-21(20)26-23(28)18-14-16-8-7-9-17(15-18)22(16)25/h5-6,12-13,16-19,22H,2-4,7-11,14-15,25H2,1H3,(H,26,28). The van der Waals surface area contributed by atoms with Crippen LogP contribution in [0.1, 0.15) is 74.6 Å². The van der Waals surface area contributed by atoms with Crippen molar-refractivity contribution < 1.29 is 9.59 Å². The summed E-state index contributed by atoms with van der Waals surface area (Å²) in [4.78, 5) is 28.1. The summed E-state index contributed by atoms with van der Waals surface area (Å²) < 4.78 is 0. The van der Waals surface area contributed by atoms with Crippen molar-refractivity contribution in [1.82, 2.24) is 4.90 Å². The van der Waals surface area contributed by atoms with E-state index < -0.39 is 0 Å². The molecule has 3 N–H and O–H groups in total. The van der Waals surface area contributed by atoms with Crippen LogP contribution in [-0.4, -0.2) is 35.8 Å². The van der Waals surface area contributed by atoms with Gasteiger partial charge < -0.3 is 16.0 Å². The number of hydrogen-bond acceptors (Lipinski definition) is 3. The van der Waals surface area contributed by atoms with Gasteiger partial charge in [-0.05, 0) is 62.5 Å². The summed E-state index contributed by atoms with van der Waals surface area (Å²) >= 11 is 0. The smallest absolute Gasteiger partial charge is 0.255 e. The predicted molar refractivity (Wildman–Crippen MR) is 116 cm³/mol. The molecule has 1 aromatic rings. The Labute approximate surface area is 174 Å². The second-order valence-electron chi connectivity index (χ2n) is 9.44. The first-order valence-corrected chi connectivity index (χ1v) is 11.5. The molecular formula is C24H35N3O2. The van der Waals surface area contributed by atoms with E-state index >= 15 is 0 Å². The number of benzene rings is 1. The number of carbonyl (C=O) groups is 2. The van der Waals surface area contributed by atoms with Crippen LogP contribution in [0.15, 0.2) is 24.3 Å². The quantitative estimate of drug-likeness (QED) is 0.800. The number of nitrogens with one attached hydrogen (secondary N) is 1. The predicted octanol–water partition coefficient (Wildman–Crippen LogP) is 4.18. The summed E-state index contributed by atoms with van der Waals surface area (Å²) in [5.74, 6) is 0.995. The van der Waals surface area contributed by atoms with Gasteiger partial charge in [-0.3, -0.25) is 9.59 Å². The van der Waals surface area contributed by atoms with E-state index in [1.165, 1.54) is 25.7 Å². The third-order valence-corrected chi connectivity index (χ3v) is 7.64. The Bertz CT molecular complexity index is 729. The minimum atomic E-state index is 0.00401. The zero-order valence-electron chi connectivity index (χ0n) is 17.6. The molecular weight excluding hydrogens is 362 g/mol. The van der Waals surface area contributed by atoms with E-state index in [1.807, 2.05) is 36.2 Å². The Morgan fingerprint density at radius 3 is 2.31 bits per heavy atom. The summed E-state index contributed by atoms with van der Waals surface area (Å²) in [5.41, 5.74) is 7.63. The largest absolute Gasteiger partial charge is 0.339 e. The number of fused-ring (bicyclic) bond motifs is 2. The molecule has 0 aliphatic heterocycles. The third-order valence-electron chi connectivity index (χ3n) is 7.64. The molecule has 0 spiro atoms. The first kappa shape index (κ1) is 20.4. The molecule has 5 heteroatoms. The molecule has 2 amide bonds. The van der Waals surface area contributed by atoms with E-state index in [0.29, 0.717) is 29.1 Å². The number of nitrogens with two attached hydrogens (primary N) is 1. The van der Waals surface area contributed by atoms with E-state index in [2.05, 4.69) is 5.32 Å². The second-order valence-corrected chi connectivity index (χ2v) is 9.44. The van der Waals surface area contributed by atoms with Gasteiger partial charge in [0.15, 0.2) is 0 Å². The lowest BCUT2D eigenvalue weighted by atomic mass is 9.65. The first-order valence-electron chi connectivity index (χ1n) is 11.5. The molecule has 3 aliphatic rings. The molecule has 29 heavy (non-hydrogen) atoms. The molecule has 158 valence electrons. The van der Waals surface area contributed by atoms with Crippen molar-refractivity contribution in [3.63, 3.8) is 0 Å². The summed E-state index contributed by atoms with van der Waals surface area (Å²) in [5, 5.41) is 3.10. The topological polar surface area (TPSA) is 75.4 Å². The number of amides is 2. The highest BCUT2D eigenvalue weighted by Crippen LogP contribution is 2.42. The van der Waals surface area contributed by atoms with Gasteiger partial charge in [0.05, 0.1) is 11.3 Å². The average Bonchev–Trinajstić information content (AvgIpc) is 2.73. The van der Waals surface area contributed by atoms with Gasteiger partial charge in [-0.25, -0.2) is 0 Å². The van der Waals surface area contributed by atoms with Crippen LogP contribution in [0.2, 0.25) is 0 Å². The van der Waals surface area contributed by atoms with E-state index in [0.717, 1.165) is 38.5 Å². The van der Waals surface area contributed by atoms with Gasteiger partial charge in [0.25, 0.3) is 5.91 Å². The van der Waals surface area contributed by atoms with Crippen molar-refractivity contribution in [2.45, 2.75) is 76.3 Å². The van der Waals surface area contributed by atoms with Gasteiger partial charge in [0, 0.05) is 25.0 Å². The molecule has 3 fully saturated rings. The summed E-state index contributed by atoms with van der Waals surface area (Å²) in [6.07, 6.45) is 11.1. The maximum absolute atomic E-state index is 13.2. The molecule has 1 aromatic carbocycles. The molecule has 0 radical (unpaired) electrons. The minimum absolute atomic E-state index is 0.00401. The molecule has 3 aliphatic carbocycles. The zero-order chi connectivity index (χ0) is 20.4. The molecule has 0 aromatic heterocycles. The van der Waals surface area contributed by atoms with Gasteiger partial charge in [-0.2, -0.15) is 0 Å². The van der Waals surface area contributed by atoms with Gasteiger partial charge >= 0.3 is 0 Å². The Balaban J connectivity index is 1.45. The summed E-state index contributed by atoms with van der Waals surface area (Å²) in [7, 11) is 1.90. The van der Waals surface area contributed by atoms with E-state index in [4.69, 9.17) is 5.73 Å². The molecule has 2 unspecified atom stereocenters. The SMILES string of the molecule is CN(C(=O)c1ccccc1NC(=O)C1CC2CCCC(C1)C2N)C1CCCCC1. The average molecular weight is 398 g/mol.